The fourth-order valence-corrected chi connectivity index (χ4v) is 2.07. The van der Waals surface area contributed by atoms with Gasteiger partial charge in [0.25, 0.3) is 0 Å². The van der Waals surface area contributed by atoms with Gasteiger partial charge in [-0.1, -0.05) is 11.6 Å². The molecule has 3 rings (SSSR count). The summed E-state index contributed by atoms with van der Waals surface area (Å²) >= 11 is 5.90. The summed E-state index contributed by atoms with van der Waals surface area (Å²) in [5, 5.41) is 9.07. The minimum absolute atomic E-state index is 0.539. The largest absolute Gasteiger partial charge is 0.368 e. The zero-order valence-corrected chi connectivity index (χ0v) is 11.4. The Kier molecular flexibility index (Phi) is 3.49. The van der Waals surface area contributed by atoms with Gasteiger partial charge in [0.05, 0.1) is 17.3 Å². The van der Waals surface area contributed by atoms with E-state index in [4.69, 9.17) is 17.3 Å². The van der Waals surface area contributed by atoms with Gasteiger partial charge in [0.15, 0.2) is 5.65 Å². The summed E-state index contributed by atoms with van der Waals surface area (Å²) in [6.45, 7) is 1.19. The van der Waals surface area contributed by atoms with E-state index in [-0.39, 0.29) is 0 Å². The third-order valence-corrected chi connectivity index (χ3v) is 3.13. The molecule has 2 aromatic heterocycles. The summed E-state index contributed by atoms with van der Waals surface area (Å²) in [4.78, 5) is 8.51. The van der Waals surface area contributed by atoms with Crippen LogP contribution in [0.2, 0.25) is 5.02 Å². The molecule has 6 nitrogen and oxygen atoms in total. The van der Waals surface area contributed by atoms with E-state index >= 15 is 0 Å². The normalized spacial score (nSPS) is 10.9. The SMILES string of the molecule is NCCNc1ncnc2c1cnn2-c1ccc(Cl)cc1. The van der Waals surface area contributed by atoms with E-state index in [1.807, 2.05) is 24.3 Å². The maximum Gasteiger partial charge on any atom is 0.168 e. The summed E-state index contributed by atoms with van der Waals surface area (Å²) in [7, 11) is 0. The smallest absolute Gasteiger partial charge is 0.168 e. The maximum atomic E-state index is 5.90. The quantitative estimate of drug-likeness (QED) is 0.765. The number of nitrogens with one attached hydrogen (secondary N) is 1. The minimum atomic E-state index is 0.539. The zero-order chi connectivity index (χ0) is 13.9. The number of nitrogens with zero attached hydrogens (tertiary/aromatic N) is 4. The fraction of sp³-hybridized carbons (Fsp3) is 0.154. The molecule has 0 saturated carbocycles. The molecule has 0 radical (unpaired) electrons. The zero-order valence-electron chi connectivity index (χ0n) is 10.6. The van der Waals surface area contributed by atoms with Gasteiger partial charge < -0.3 is 11.1 Å². The molecule has 2 heterocycles. The lowest BCUT2D eigenvalue weighted by Crippen LogP contribution is -2.14. The van der Waals surface area contributed by atoms with Crippen molar-refractivity contribution in [2.45, 2.75) is 0 Å². The van der Waals surface area contributed by atoms with Crippen LogP contribution >= 0.6 is 11.6 Å². The third kappa shape index (κ3) is 2.31. The van der Waals surface area contributed by atoms with Crippen molar-refractivity contribution in [2.75, 3.05) is 18.4 Å². The van der Waals surface area contributed by atoms with E-state index in [1.165, 1.54) is 6.33 Å². The van der Waals surface area contributed by atoms with E-state index in [1.54, 1.807) is 10.9 Å². The second-order valence-corrected chi connectivity index (χ2v) is 4.64. The third-order valence-electron chi connectivity index (χ3n) is 2.87. The number of fused-ring (bicyclic) bond motifs is 1. The highest BCUT2D eigenvalue weighted by molar-refractivity contribution is 6.30. The molecule has 0 atom stereocenters. The predicted molar refractivity (Wildman–Crippen MR) is 79.2 cm³/mol. The highest BCUT2D eigenvalue weighted by atomic mass is 35.5. The van der Waals surface area contributed by atoms with Crippen molar-refractivity contribution in [3.05, 3.63) is 41.8 Å². The van der Waals surface area contributed by atoms with Gasteiger partial charge in [0, 0.05) is 18.1 Å². The van der Waals surface area contributed by atoms with Crippen molar-refractivity contribution in [1.82, 2.24) is 19.7 Å². The molecule has 3 aromatic rings. The number of halogens is 1. The standard InChI is InChI=1S/C13H13ClN6/c14-9-1-3-10(4-2-9)20-13-11(7-19-20)12(16-6-5-15)17-8-18-13/h1-4,7-8H,5-6,15H2,(H,16,17,18). The van der Waals surface area contributed by atoms with E-state index < -0.39 is 0 Å². The average molecular weight is 289 g/mol. The van der Waals surface area contributed by atoms with E-state index in [2.05, 4.69) is 20.4 Å². The van der Waals surface area contributed by atoms with Crippen molar-refractivity contribution < 1.29 is 0 Å². The van der Waals surface area contributed by atoms with Crippen LogP contribution in [0, 0.1) is 0 Å². The van der Waals surface area contributed by atoms with Crippen LogP contribution in [0.3, 0.4) is 0 Å². The molecule has 0 aliphatic carbocycles. The van der Waals surface area contributed by atoms with Gasteiger partial charge in [0.2, 0.25) is 0 Å². The van der Waals surface area contributed by atoms with Crippen molar-refractivity contribution >= 4 is 28.5 Å². The number of benzene rings is 1. The monoisotopic (exact) mass is 288 g/mol. The number of hydrogen-bond donors (Lipinski definition) is 2. The van der Waals surface area contributed by atoms with Crippen molar-refractivity contribution in [2.24, 2.45) is 5.73 Å². The molecule has 7 heteroatoms. The molecule has 3 N–H and O–H groups in total. The van der Waals surface area contributed by atoms with Crippen LogP contribution in [0.4, 0.5) is 5.82 Å². The Labute approximate surface area is 120 Å². The molecule has 1 aromatic carbocycles. The van der Waals surface area contributed by atoms with Crippen LogP contribution in [0.15, 0.2) is 36.8 Å². The van der Waals surface area contributed by atoms with Gasteiger partial charge in [-0.05, 0) is 24.3 Å². The van der Waals surface area contributed by atoms with E-state index in [0.29, 0.717) is 18.1 Å². The molecule has 0 bridgehead atoms. The average Bonchev–Trinajstić information content (AvgIpc) is 2.90. The molecule has 0 saturated heterocycles. The number of hydrogen-bond acceptors (Lipinski definition) is 5. The number of nitrogens with two attached hydrogens (primary N) is 1. The Morgan fingerprint density at radius 2 is 2.00 bits per heavy atom. The second-order valence-electron chi connectivity index (χ2n) is 4.21. The number of rotatable bonds is 4. The highest BCUT2D eigenvalue weighted by Crippen LogP contribution is 2.22. The van der Waals surface area contributed by atoms with Gasteiger partial charge in [-0.15, -0.1) is 0 Å². The molecule has 102 valence electrons. The first kappa shape index (κ1) is 12.8. The molecule has 20 heavy (non-hydrogen) atoms. The van der Waals surface area contributed by atoms with Crippen molar-refractivity contribution in [3.63, 3.8) is 0 Å². The van der Waals surface area contributed by atoms with Crippen molar-refractivity contribution in [3.8, 4) is 5.69 Å². The fourth-order valence-electron chi connectivity index (χ4n) is 1.95. The first-order chi connectivity index (χ1) is 9.79. The summed E-state index contributed by atoms with van der Waals surface area (Å²) in [6, 6.07) is 7.42. The summed E-state index contributed by atoms with van der Waals surface area (Å²) < 4.78 is 1.75. The molecular formula is C13H13ClN6. The lowest BCUT2D eigenvalue weighted by molar-refractivity contribution is 0.895. The number of anilines is 1. The van der Waals surface area contributed by atoms with E-state index in [0.717, 1.165) is 22.5 Å². The lowest BCUT2D eigenvalue weighted by atomic mass is 10.3. The maximum absolute atomic E-state index is 5.90. The van der Waals surface area contributed by atoms with Crippen LogP contribution in [-0.4, -0.2) is 32.8 Å². The molecule has 0 fully saturated rings. The summed E-state index contributed by atoms with van der Waals surface area (Å²) in [5.41, 5.74) is 7.13. The van der Waals surface area contributed by atoms with Gasteiger partial charge in [-0.25, -0.2) is 14.6 Å². The molecule has 0 aliphatic heterocycles. The van der Waals surface area contributed by atoms with Gasteiger partial charge >= 0.3 is 0 Å². The topological polar surface area (TPSA) is 81.7 Å². The molecular weight excluding hydrogens is 276 g/mol. The first-order valence-electron chi connectivity index (χ1n) is 6.18. The molecule has 0 unspecified atom stereocenters. The van der Waals surface area contributed by atoms with Crippen LogP contribution in [-0.2, 0) is 0 Å². The van der Waals surface area contributed by atoms with Gasteiger partial charge in [-0.3, -0.25) is 0 Å². The van der Waals surface area contributed by atoms with Crippen LogP contribution in [0.5, 0.6) is 0 Å². The second kappa shape index (κ2) is 5.44. The molecule has 0 amide bonds. The van der Waals surface area contributed by atoms with Crippen LogP contribution in [0.1, 0.15) is 0 Å². The van der Waals surface area contributed by atoms with E-state index in [9.17, 15) is 0 Å². The van der Waals surface area contributed by atoms with Gasteiger partial charge in [-0.2, -0.15) is 5.10 Å². The Balaban J connectivity index is 2.07. The van der Waals surface area contributed by atoms with Crippen LogP contribution < -0.4 is 11.1 Å². The summed E-state index contributed by atoms with van der Waals surface area (Å²) in [5.74, 6) is 0.737. The Bertz CT molecular complexity index is 721. The highest BCUT2D eigenvalue weighted by Gasteiger charge is 2.10. The lowest BCUT2D eigenvalue weighted by Gasteiger charge is -2.05. The Hall–Kier alpha value is -2.18. The number of aromatic nitrogens is 4. The minimum Gasteiger partial charge on any atom is -0.368 e. The predicted octanol–water partition coefficient (Wildman–Crippen LogP) is 1.84. The molecule has 0 spiro atoms. The Morgan fingerprint density at radius 1 is 1.20 bits per heavy atom. The van der Waals surface area contributed by atoms with Crippen molar-refractivity contribution in [1.29, 1.82) is 0 Å². The van der Waals surface area contributed by atoms with Gasteiger partial charge in [0.1, 0.15) is 12.1 Å². The summed E-state index contributed by atoms with van der Waals surface area (Å²) in [6.07, 6.45) is 3.25. The Morgan fingerprint density at radius 3 is 2.75 bits per heavy atom. The first-order valence-corrected chi connectivity index (χ1v) is 6.56. The molecule has 0 aliphatic rings. The van der Waals surface area contributed by atoms with Crippen LogP contribution in [0.25, 0.3) is 16.7 Å².